The first-order valence-corrected chi connectivity index (χ1v) is 11.4. The van der Waals surface area contributed by atoms with Gasteiger partial charge >= 0.3 is 0 Å². The van der Waals surface area contributed by atoms with Crippen molar-refractivity contribution in [2.24, 2.45) is 0 Å². The molecule has 5 nitrogen and oxygen atoms in total. The van der Waals surface area contributed by atoms with Gasteiger partial charge in [-0.05, 0) is 61.3 Å². The van der Waals surface area contributed by atoms with E-state index in [9.17, 15) is 4.79 Å². The lowest BCUT2D eigenvalue weighted by atomic mass is 10.1. The van der Waals surface area contributed by atoms with Gasteiger partial charge in [-0.15, -0.1) is 0 Å². The highest BCUT2D eigenvalue weighted by Gasteiger charge is 2.22. The number of carbonyl (C=O) groups excluding carboxylic acids is 1. The number of benzene rings is 2. The molecule has 1 aliphatic heterocycles. The number of amides is 1. The van der Waals surface area contributed by atoms with Crippen molar-refractivity contribution in [3.8, 4) is 5.75 Å². The Hall–Kier alpha value is -3.18. The number of methoxy groups -OCH3 is 1. The Bertz CT molecular complexity index is 1020. The highest BCUT2D eigenvalue weighted by atomic mass is 16.5. The van der Waals surface area contributed by atoms with Crippen LogP contribution in [0.2, 0.25) is 0 Å². The maximum Gasteiger partial charge on any atom is 0.258 e. The monoisotopic (exact) mass is 429 g/mol. The van der Waals surface area contributed by atoms with Gasteiger partial charge in [-0.1, -0.05) is 43.2 Å². The highest BCUT2D eigenvalue weighted by molar-refractivity contribution is 6.06. The minimum Gasteiger partial charge on any atom is -0.497 e. The predicted octanol–water partition coefficient (Wildman–Crippen LogP) is 5.31. The first-order chi connectivity index (χ1) is 15.7. The third kappa shape index (κ3) is 5.54. The summed E-state index contributed by atoms with van der Waals surface area (Å²) in [6.07, 6.45) is 6.27. The quantitative estimate of drug-likeness (QED) is 0.564. The summed E-state index contributed by atoms with van der Waals surface area (Å²) in [5.74, 6) is 0.718. The number of carbonyl (C=O) groups is 1. The number of anilines is 1. The van der Waals surface area contributed by atoms with Gasteiger partial charge in [0.05, 0.1) is 12.8 Å². The molecule has 0 fully saturated rings. The second kappa shape index (κ2) is 10.9. The van der Waals surface area contributed by atoms with Crippen LogP contribution in [0.15, 0.2) is 72.9 Å². The molecule has 32 heavy (non-hydrogen) atoms. The van der Waals surface area contributed by atoms with Gasteiger partial charge in [-0.25, -0.2) is 0 Å². The summed E-state index contributed by atoms with van der Waals surface area (Å²) in [5, 5.41) is 0. The van der Waals surface area contributed by atoms with Crippen LogP contribution in [-0.4, -0.2) is 36.0 Å². The number of hydrogen-bond acceptors (Lipinski definition) is 4. The number of fused-ring (bicyclic) bond motifs is 1. The van der Waals surface area contributed by atoms with Gasteiger partial charge in [0.2, 0.25) is 0 Å². The smallest absolute Gasteiger partial charge is 0.258 e. The van der Waals surface area contributed by atoms with Gasteiger partial charge < -0.3 is 9.64 Å². The van der Waals surface area contributed by atoms with E-state index in [1.165, 1.54) is 5.56 Å². The Morgan fingerprint density at radius 3 is 2.56 bits per heavy atom. The maximum absolute atomic E-state index is 13.6. The van der Waals surface area contributed by atoms with Crippen LogP contribution in [0.5, 0.6) is 5.75 Å². The summed E-state index contributed by atoms with van der Waals surface area (Å²) in [6.45, 7) is 3.33. The summed E-state index contributed by atoms with van der Waals surface area (Å²) in [4.78, 5) is 22.5. The number of ether oxygens (including phenoxy) is 1. The van der Waals surface area contributed by atoms with E-state index in [1.54, 1.807) is 7.11 Å². The van der Waals surface area contributed by atoms with E-state index in [1.807, 2.05) is 53.6 Å². The first-order valence-electron chi connectivity index (χ1n) is 11.4. The van der Waals surface area contributed by atoms with Gasteiger partial charge in [0.25, 0.3) is 5.91 Å². The number of para-hydroxylation sites is 1. The molecule has 0 saturated heterocycles. The predicted molar refractivity (Wildman–Crippen MR) is 128 cm³/mol. The fraction of sp³-hybridized carbons (Fsp3) is 0.333. The largest absolute Gasteiger partial charge is 0.497 e. The Kier molecular flexibility index (Phi) is 7.51. The number of aromatic nitrogens is 1. The maximum atomic E-state index is 13.6. The standard InChI is InChI=1S/C27H31N3O2/c1-32-25-14-10-12-22(19-25)27(31)30-18-9-3-2-8-17-29(21-24-13-6-7-16-28-24)20-23-11-4-5-15-26(23)30/h4-7,10-16,19H,2-3,8-9,17-18,20-21H2,1H3. The van der Waals surface area contributed by atoms with Gasteiger partial charge in [0, 0.05) is 37.1 Å². The summed E-state index contributed by atoms with van der Waals surface area (Å²) in [7, 11) is 1.63. The Morgan fingerprint density at radius 1 is 0.938 bits per heavy atom. The van der Waals surface area contributed by atoms with Crippen molar-refractivity contribution in [2.45, 2.75) is 38.8 Å². The summed E-state index contributed by atoms with van der Waals surface area (Å²) >= 11 is 0. The van der Waals surface area contributed by atoms with Gasteiger partial charge in [-0.3, -0.25) is 14.7 Å². The molecule has 0 bridgehead atoms. The lowest BCUT2D eigenvalue weighted by molar-refractivity contribution is 0.0986. The molecule has 2 heterocycles. The minimum absolute atomic E-state index is 0.0203. The molecule has 4 rings (SSSR count). The van der Waals surface area contributed by atoms with E-state index in [2.05, 4.69) is 34.1 Å². The van der Waals surface area contributed by atoms with Crippen LogP contribution in [0.4, 0.5) is 5.69 Å². The Labute approximate surface area is 190 Å². The third-order valence-electron chi connectivity index (χ3n) is 5.96. The van der Waals surface area contributed by atoms with Crippen molar-refractivity contribution in [2.75, 3.05) is 25.1 Å². The number of hydrogen-bond donors (Lipinski definition) is 0. The zero-order valence-electron chi connectivity index (χ0n) is 18.7. The molecule has 0 saturated carbocycles. The molecule has 0 N–H and O–H groups in total. The molecular formula is C27H31N3O2. The summed E-state index contributed by atoms with van der Waals surface area (Å²) in [6, 6.07) is 21.8. The molecule has 166 valence electrons. The van der Waals surface area contributed by atoms with Crippen LogP contribution in [0.25, 0.3) is 0 Å². The van der Waals surface area contributed by atoms with E-state index in [-0.39, 0.29) is 5.91 Å². The molecule has 1 aliphatic rings. The van der Waals surface area contributed by atoms with Gasteiger partial charge in [0.1, 0.15) is 5.75 Å². The van der Waals surface area contributed by atoms with Crippen molar-refractivity contribution in [1.29, 1.82) is 0 Å². The van der Waals surface area contributed by atoms with Crippen molar-refractivity contribution in [3.05, 3.63) is 89.7 Å². The Balaban J connectivity index is 1.65. The normalized spacial score (nSPS) is 15.5. The van der Waals surface area contributed by atoms with Crippen molar-refractivity contribution >= 4 is 11.6 Å². The molecule has 0 radical (unpaired) electrons. The lowest BCUT2D eigenvalue weighted by Crippen LogP contribution is -2.33. The summed E-state index contributed by atoms with van der Waals surface area (Å²) < 4.78 is 5.35. The topological polar surface area (TPSA) is 45.7 Å². The number of nitrogens with zero attached hydrogens (tertiary/aromatic N) is 3. The van der Waals surface area contributed by atoms with Gasteiger partial charge in [0.15, 0.2) is 0 Å². The van der Waals surface area contributed by atoms with E-state index < -0.39 is 0 Å². The number of pyridine rings is 1. The average Bonchev–Trinajstić information content (AvgIpc) is 2.88. The molecule has 0 unspecified atom stereocenters. The number of rotatable bonds is 4. The van der Waals surface area contributed by atoms with Crippen molar-refractivity contribution < 1.29 is 9.53 Å². The van der Waals surface area contributed by atoms with Crippen molar-refractivity contribution in [3.63, 3.8) is 0 Å². The van der Waals surface area contributed by atoms with E-state index in [4.69, 9.17) is 4.74 Å². The van der Waals surface area contributed by atoms with Crippen LogP contribution >= 0.6 is 0 Å². The molecule has 1 aromatic heterocycles. The van der Waals surface area contributed by atoms with Gasteiger partial charge in [-0.2, -0.15) is 0 Å². The summed E-state index contributed by atoms with van der Waals surface area (Å²) in [5.41, 5.74) is 3.89. The molecule has 0 spiro atoms. The SMILES string of the molecule is COc1cccc(C(=O)N2CCCCCCN(Cc3ccccn3)Cc3ccccc32)c1. The third-order valence-corrected chi connectivity index (χ3v) is 5.96. The van der Waals surface area contributed by atoms with Crippen LogP contribution < -0.4 is 9.64 Å². The fourth-order valence-corrected chi connectivity index (χ4v) is 4.29. The molecule has 1 amide bonds. The van der Waals surface area contributed by atoms with E-state index >= 15 is 0 Å². The van der Waals surface area contributed by atoms with Crippen LogP contribution in [0, 0.1) is 0 Å². The molecule has 3 aromatic rings. The van der Waals surface area contributed by atoms with E-state index in [0.29, 0.717) is 17.9 Å². The second-order valence-electron chi connectivity index (χ2n) is 8.26. The zero-order chi connectivity index (χ0) is 22.2. The van der Waals surface area contributed by atoms with Crippen LogP contribution in [0.3, 0.4) is 0 Å². The first kappa shape index (κ1) is 22.0. The minimum atomic E-state index is 0.0203. The second-order valence-corrected chi connectivity index (χ2v) is 8.26. The Morgan fingerprint density at radius 2 is 1.75 bits per heavy atom. The average molecular weight is 430 g/mol. The lowest BCUT2D eigenvalue weighted by Gasteiger charge is -2.28. The molecule has 5 heteroatoms. The van der Waals surface area contributed by atoms with Crippen LogP contribution in [0.1, 0.15) is 47.3 Å². The molecule has 0 atom stereocenters. The highest BCUT2D eigenvalue weighted by Crippen LogP contribution is 2.27. The van der Waals surface area contributed by atoms with Crippen molar-refractivity contribution in [1.82, 2.24) is 9.88 Å². The zero-order valence-corrected chi connectivity index (χ0v) is 18.7. The molecular weight excluding hydrogens is 398 g/mol. The fourth-order valence-electron chi connectivity index (χ4n) is 4.29. The van der Waals surface area contributed by atoms with E-state index in [0.717, 1.165) is 56.7 Å². The molecule has 0 aliphatic carbocycles. The molecule has 2 aromatic carbocycles. The van der Waals surface area contributed by atoms with Crippen LogP contribution in [-0.2, 0) is 13.1 Å².